The fraction of sp³-hybridized carbons (Fsp3) is 0.0476. The Kier molecular flexibility index (Phi) is 6.12. The molecule has 2 aromatic heterocycles. The van der Waals surface area contributed by atoms with Gasteiger partial charge in [0.1, 0.15) is 11.4 Å². The van der Waals surface area contributed by atoms with Gasteiger partial charge in [0.25, 0.3) is 5.91 Å². The Hall–Kier alpha value is -3.08. The normalized spacial score (nSPS) is 10.6. The van der Waals surface area contributed by atoms with Crippen LogP contribution in [0.2, 0.25) is 0 Å². The van der Waals surface area contributed by atoms with E-state index >= 15 is 0 Å². The molecule has 0 saturated heterocycles. The Morgan fingerprint density at radius 3 is 2.58 bits per heavy atom. The second-order valence-corrected chi connectivity index (χ2v) is 9.37. The van der Waals surface area contributed by atoms with E-state index in [-0.39, 0.29) is 9.88 Å². The van der Waals surface area contributed by atoms with Crippen molar-refractivity contribution in [2.75, 3.05) is 5.32 Å². The lowest BCUT2D eigenvalue weighted by molar-refractivity contribution is -0.380. The summed E-state index contributed by atoms with van der Waals surface area (Å²) in [6.45, 7) is 1.97. The molecule has 1 N–H and O–H groups in total. The maximum atomic E-state index is 12.6. The molecule has 2 heterocycles. The Bertz CT molecular complexity index is 1270. The summed E-state index contributed by atoms with van der Waals surface area (Å²) in [4.78, 5) is 27.7. The number of thiophene rings is 1. The number of benzene rings is 2. The van der Waals surface area contributed by atoms with Gasteiger partial charge in [-0.25, -0.2) is 4.98 Å². The van der Waals surface area contributed by atoms with E-state index in [2.05, 4.69) is 26.2 Å². The standard InChI is InChI=1S/C21H14BrN3O4S2/c1-12-3-2-4-15(11-12)29-20-18(13-5-7-14(22)8-6-13)23-21(31-20)24-19(26)16-9-10-17(30-16)25(27)28/h2-11H,1H3,(H,23,24,26). The van der Waals surface area contributed by atoms with Gasteiger partial charge in [0.05, 0.1) is 9.80 Å². The maximum Gasteiger partial charge on any atom is 0.324 e. The number of anilines is 1. The summed E-state index contributed by atoms with van der Waals surface area (Å²) in [6.07, 6.45) is 0. The van der Waals surface area contributed by atoms with Gasteiger partial charge >= 0.3 is 5.00 Å². The van der Waals surface area contributed by atoms with Crippen LogP contribution >= 0.6 is 38.6 Å². The van der Waals surface area contributed by atoms with Crippen molar-refractivity contribution in [2.45, 2.75) is 6.92 Å². The van der Waals surface area contributed by atoms with E-state index in [0.29, 0.717) is 21.6 Å². The third-order valence-electron chi connectivity index (χ3n) is 4.13. The number of carbonyl (C=O) groups is 1. The average Bonchev–Trinajstić information content (AvgIpc) is 3.36. The summed E-state index contributed by atoms with van der Waals surface area (Å²) in [7, 11) is 0. The highest BCUT2D eigenvalue weighted by atomic mass is 79.9. The van der Waals surface area contributed by atoms with Crippen molar-refractivity contribution in [3.8, 4) is 22.1 Å². The molecule has 0 aliphatic rings. The quantitative estimate of drug-likeness (QED) is 0.222. The number of aromatic nitrogens is 1. The number of nitro groups is 1. The molecule has 0 atom stereocenters. The first kappa shape index (κ1) is 21.2. The molecule has 4 aromatic rings. The van der Waals surface area contributed by atoms with Crippen LogP contribution in [0.3, 0.4) is 0 Å². The zero-order chi connectivity index (χ0) is 22.0. The molecule has 1 amide bonds. The number of rotatable bonds is 6. The molecular weight excluding hydrogens is 502 g/mol. The van der Waals surface area contributed by atoms with Crippen molar-refractivity contribution in [2.24, 2.45) is 0 Å². The summed E-state index contributed by atoms with van der Waals surface area (Å²) in [5.74, 6) is 0.199. The number of thiazole rings is 1. The monoisotopic (exact) mass is 515 g/mol. The third-order valence-corrected chi connectivity index (χ3v) is 6.54. The first-order valence-electron chi connectivity index (χ1n) is 8.96. The van der Waals surface area contributed by atoms with Crippen molar-refractivity contribution in [1.29, 1.82) is 0 Å². The Labute approximate surface area is 193 Å². The Balaban J connectivity index is 1.65. The number of hydrogen-bond donors (Lipinski definition) is 1. The minimum absolute atomic E-state index is 0.0942. The van der Waals surface area contributed by atoms with E-state index < -0.39 is 10.8 Å². The average molecular weight is 516 g/mol. The highest BCUT2D eigenvalue weighted by molar-refractivity contribution is 9.10. The molecule has 0 fully saturated rings. The molecule has 0 spiro atoms. The summed E-state index contributed by atoms with van der Waals surface area (Å²) >= 11 is 5.42. The number of nitrogens with one attached hydrogen (secondary N) is 1. The molecule has 4 rings (SSSR count). The first-order chi connectivity index (χ1) is 14.9. The van der Waals surface area contributed by atoms with Crippen LogP contribution < -0.4 is 10.1 Å². The molecule has 0 radical (unpaired) electrons. The van der Waals surface area contributed by atoms with Crippen molar-refractivity contribution in [3.63, 3.8) is 0 Å². The molecule has 31 heavy (non-hydrogen) atoms. The van der Waals surface area contributed by atoms with E-state index in [0.717, 1.165) is 26.9 Å². The van der Waals surface area contributed by atoms with Crippen LogP contribution in [0.1, 0.15) is 15.2 Å². The largest absolute Gasteiger partial charge is 0.444 e. The number of nitrogens with zero attached hydrogens (tertiary/aromatic N) is 2. The van der Waals surface area contributed by atoms with Gasteiger partial charge in [-0.1, -0.05) is 62.9 Å². The molecule has 10 heteroatoms. The summed E-state index contributed by atoms with van der Waals surface area (Å²) in [5, 5.41) is 14.4. The predicted octanol–water partition coefficient (Wildman–Crippen LogP) is 6.90. The van der Waals surface area contributed by atoms with Gasteiger partial charge in [-0.2, -0.15) is 0 Å². The first-order valence-corrected chi connectivity index (χ1v) is 11.4. The van der Waals surface area contributed by atoms with Crippen molar-refractivity contribution >= 4 is 54.6 Å². The zero-order valence-corrected chi connectivity index (χ0v) is 19.2. The van der Waals surface area contributed by atoms with Gasteiger partial charge in [-0.05, 0) is 42.8 Å². The number of ether oxygens (including phenoxy) is 1. The van der Waals surface area contributed by atoms with Crippen LogP contribution in [0, 0.1) is 17.0 Å². The number of aryl methyl sites for hydroxylation is 1. The third kappa shape index (κ3) is 4.98. The molecule has 0 aliphatic heterocycles. The molecule has 2 aromatic carbocycles. The van der Waals surface area contributed by atoms with Gasteiger partial charge in [-0.3, -0.25) is 20.2 Å². The zero-order valence-electron chi connectivity index (χ0n) is 16.0. The molecule has 156 valence electrons. The SMILES string of the molecule is Cc1cccc(Oc2sc(NC(=O)c3ccc([N+](=O)[O-])s3)nc2-c2ccc(Br)cc2)c1. The summed E-state index contributed by atoms with van der Waals surface area (Å²) in [6, 6.07) is 18.0. The Morgan fingerprint density at radius 2 is 1.90 bits per heavy atom. The molecule has 0 aliphatic carbocycles. The fourth-order valence-electron chi connectivity index (χ4n) is 2.71. The van der Waals surface area contributed by atoms with E-state index in [1.54, 1.807) is 0 Å². The molecule has 0 bridgehead atoms. The molecule has 7 nitrogen and oxygen atoms in total. The van der Waals surface area contributed by atoms with Crippen LogP contribution in [-0.4, -0.2) is 15.8 Å². The second kappa shape index (κ2) is 8.96. The van der Waals surface area contributed by atoms with Crippen molar-refractivity contribution in [1.82, 2.24) is 4.98 Å². The lowest BCUT2D eigenvalue weighted by Gasteiger charge is -2.06. The number of amides is 1. The Morgan fingerprint density at radius 1 is 1.13 bits per heavy atom. The number of hydrogen-bond acceptors (Lipinski definition) is 7. The summed E-state index contributed by atoms with van der Waals surface area (Å²) in [5.41, 5.74) is 2.47. The topological polar surface area (TPSA) is 94.4 Å². The van der Waals surface area contributed by atoms with Crippen LogP contribution in [0.4, 0.5) is 10.1 Å². The molecule has 0 saturated carbocycles. The van der Waals surface area contributed by atoms with Crippen molar-refractivity contribution in [3.05, 3.63) is 85.7 Å². The minimum Gasteiger partial charge on any atom is -0.444 e. The summed E-state index contributed by atoms with van der Waals surface area (Å²) < 4.78 is 7.02. The van der Waals surface area contributed by atoms with E-state index in [1.807, 2.05) is 55.5 Å². The van der Waals surface area contributed by atoms with Crippen LogP contribution in [0.25, 0.3) is 11.3 Å². The van der Waals surface area contributed by atoms with Gasteiger partial charge in [0.2, 0.25) is 5.06 Å². The lowest BCUT2D eigenvalue weighted by atomic mass is 10.2. The highest BCUT2D eigenvalue weighted by Crippen LogP contribution is 2.41. The van der Waals surface area contributed by atoms with Gasteiger partial charge in [-0.15, -0.1) is 0 Å². The van der Waals surface area contributed by atoms with Gasteiger partial charge in [0, 0.05) is 16.1 Å². The minimum atomic E-state index is -0.524. The second-order valence-electron chi connectivity index (χ2n) is 6.43. The molecular formula is C21H14BrN3O4S2. The highest BCUT2D eigenvalue weighted by Gasteiger charge is 2.20. The smallest absolute Gasteiger partial charge is 0.324 e. The number of carbonyl (C=O) groups excluding carboxylic acids is 1. The van der Waals surface area contributed by atoms with E-state index in [1.165, 1.54) is 23.5 Å². The van der Waals surface area contributed by atoms with E-state index in [9.17, 15) is 14.9 Å². The van der Waals surface area contributed by atoms with Crippen LogP contribution in [0.5, 0.6) is 10.8 Å². The van der Waals surface area contributed by atoms with Crippen molar-refractivity contribution < 1.29 is 14.5 Å². The predicted molar refractivity (Wildman–Crippen MR) is 125 cm³/mol. The van der Waals surface area contributed by atoms with Crippen LogP contribution in [-0.2, 0) is 0 Å². The lowest BCUT2D eigenvalue weighted by Crippen LogP contribution is -2.09. The van der Waals surface area contributed by atoms with E-state index in [4.69, 9.17) is 4.74 Å². The molecule has 0 unspecified atom stereocenters. The maximum absolute atomic E-state index is 12.6. The van der Waals surface area contributed by atoms with Gasteiger partial charge < -0.3 is 4.74 Å². The van der Waals surface area contributed by atoms with Gasteiger partial charge in [0.15, 0.2) is 5.13 Å². The van der Waals surface area contributed by atoms with Crippen LogP contribution in [0.15, 0.2) is 65.1 Å². The number of halogens is 1. The fourth-order valence-corrected chi connectivity index (χ4v) is 4.55.